The van der Waals surface area contributed by atoms with Crippen LogP contribution in [0, 0.1) is 0 Å². The molecule has 0 bridgehead atoms. The molecule has 1 saturated carbocycles. The minimum absolute atomic E-state index is 0.0264. The fourth-order valence-corrected chi connectivity index (χ4v) is 3.39. The van der Waals surface area contributed by atoms with Crippen LogP contribution in [0.2, 0.25) is 0 Å². The van der Waals surface area contributed by atoms with Crippen molar-refractivity contribution in [1.29, 1.82) is 0 Å². The Morgan fingerprint density at radius 3 is 2.64 bits per heavy atom. The molecule has 0 unspecified atom stereocenters. The van der Waals surface area contributed by atoms with Gasteiger partial charge in [0.05, 0.1) is 6.61 Å². The number of aliphatic hydroxyl groups excluding tert-OH is 1. The molecule has 1 N–H and O–H groups in total. The van der Waals surface area contributed by atoms with E-state index >= 15 is 0 Å². The van der Waals surface area contributed by atoms with Crippen molar-refractivity contribution in [2.75, 3.05) is 13.2 Å². The SMILES string of the molecule is O=C(c1ccc2c(c1)Cc1ccccc1-2)N(CCO)C1CC1. The molecule has 0 atom stereocenters. The number of nitrogens with zero attached hydrogens (tertiary/aromatic N) is 1. The molecular formula is C19H19NO2. The van der Waals surface area contributed by atoms with Gasteiger partial charge in [-0.1, -0.05) is 30.3 Å². The third kappa shape index (κ3) is 2.22. The van der Waals surface area contributed by atoms with Crippen molar-refractivity contribution in [3.63, 3.8) is 0 Å². The zero-order chi connectivity index (χ0) is 15.1. The van der Waals surface area contributed by atoms with Gasteiger partial charge in [-0.15, -0.1) is 0 Å². The summed E-state index contributed by atoms with van der Waals surface area (Å²) in [4.78, 5) is 14.5. The lowest BCUT2D eigenvalue weighted by atomic mass is 10.0. The second-order valence-corrected chi connectivity index (χ2v) is 6.16. The topological polar surface area (TPSA) is 40.5 Å². The predicted molar refractivity (Wildman–Crippen MR) is 85.8 cm³/mol. The van der Waals surface area contributed by atoms with Crippen molar-refractivity contribution in [2.24, 2.45) is 0 Å². The largest absolute Gasteiger partial charge is 0.395 e. The van der Waals surface area contributed by atoms with Crippen LogP contribution >= 0.6 is 0 Å². The van der Waals surface area contributed by atoms with Crippen LogP contribution in [-0.2, 0) is 6.42 Å². The van der Waals surface area contributed by atoms with Gasteiger partial charge in [0.2, 0.25) is 0 Å². The third-order valence-corrected chi connectivity index (χ3v) is 4.63. The summed E-state index contributed by atoms with van der Waals surface area (Å²) in [5.74, 6) is 0.0512. The van der Waals surface area contributed by atoms with Gasteiger partial charge >= 0.3 is 0 Å². The number of fused-ring (bicyclic) bond motifs is 3. The predicted octanol–water partition coefficient (Wildman–Crippen LogP) is 2.85. The van der Waals surface area contributed by atoms with E-state index in [2.05, 4.69) is 30.3 Å². The molecule has 0 radical (unpaired) electrons. The Bertz CT molecular complexity index is 734. The highest BCUT2D eigenvalue weighted by Crippen LogP contribution is 2.37. The van der Waals surface area contributed by atoms with Crippen molar-refractivity contribution >= 4 is 5.91 Å². The number of carbonyl (C=O) groups is 1. The number of amides is 1. The third-order valence-electron chi connectivity index (χ3n) is 4.63. The highest BCUT2D eigenvalue weighted by Gasteiger charge is 2.33. The lowest BCUT2D eigenvalue weighted by Crippen LogP contribution is -2.35. The minimum Gasteiger partial charge on any atom is -0.395 e. The highest BCUT2D eigenvalue weighted by atomic mass is 16.3. The lowest BCUT2D eigenvalue weighted by molar-refractivity contribution is 0.0707. The highest BCUT2D eigenvalue weighted by molar-refractivity contribution is 5.96. The molecule has 2 aromatic rings. The van der Waals surface area contributed by atoms with E-state index in [9.17, 15) is 9.90 Å². The average molecular weight is 293 g/mol. The van der Waals surface area contributed by atoms with E-state index in [0.717, 1.165) is 24.8 Å². The standard InChI is InChI=1S/C19H19NO2/c21-10-9-20(16-6-7-16)19(22)14-5-8-18-15(12-14)11-13-3-1-2-4-17(13)18/h1-5,8,12,16,21H,6-7,9-11H2. The number of aliphatic hydroxyl groups is 1. The molecule has 2 aliphatic rings. The van der Waals surface area contributed by atoms with Crippen LogP contribution in [0.15, 0.2) is 42.5 Å². The summed E-state index contributed by atoms with van der Waals surface area (Å²) in [6, 6.07) is 14.8. The van der Waals surface area contributed by atoms with E-state index in [1.54, 1.807) is 0 Å². The van der Waals surface area contributed by atoms with Gasteiger partial charge in [0.15, 0.2) is 0 Å². The summed E-state index contributed by atoms with van der Waals surface area (Å²) in [6.45, 7) is 0.458. The van der Waals surface area contributed by atoms with Crippen LogP contribution in [0.5, 0.6) is 0 Å². The Morgan fingerprint density at radius 2 is 1.86 bits per heavy atom. The summed E-state index contributed by atoms with van der Waals surface area (Å²) in [5.41, 5.74) is 5.83. The van der Waals surface area contributed by atoms with Crippen molar-refractivity contribution in [3.05, 3.63) is 59.2 Å². The normalized spacial score (nSPS) is 15.3. The molecular weight excluding hydrogens is 274 g/mol. The van der Waals surface area contributed by atoms with Crippen LogP contribution in [0.1, 0.15) is 34.3 Å². The van der Waals surface area contributed by atoms with Crippen LogP contribution in [0.25, 0.3) is 11.1 Å². The summed E-state index contributed by atoms with van der Waals surface area (Å²) < 4.78 is 0. The number of rotatable bonds is 4. The number of carbonyl (C=O) groups excluding carboxylic acids is 1. The monoisotopic (exact) mass is 293 g/mol. The van der Waals surface area contributed by atoms with Crippen molar-refractivity contribution < 1.29 is 9.90 Å². The molecule has 3 nitrogen and oxygen atoms in total. The smallest absolute Gasteiger partial charge is 0.254 e. The van der Waals surface area contributed by atoms with E-state index in [-0.39, 0.29) is 12.5 Å². The first-order valence-electron chi connectivity index (χ1n) is 7.91. The fraction of sp³-hybridized carbons (Fsp3) is 0.316. The zero-order valence-corrected chi connectivity index (χ0v) is 12.5. The molecule has 2 aliphatic carbocycles. The van der Waals surface area contributed by atoms with Crippen molar-refractivity contribution in [3.8, 4) is 11.1 Å². The number of benzene rings is 2. The van der Waals surface area contributed by atoms with Gasteiger partial charge in [-0.05, 0) is 53.6 Å². The molecule has 0 spiro atoms. The molecule has 22 heavy (non-hydrogen) atoms. The van der Waals surface area contributed by atoms with Crippen LogP contribution < -0.4 is 0 Å². The Labute approximate surface area is 130 Å². The van der Waals surface area contributed by atoms with Gasteiger partial charge in [-0.25, -0.2) is 0 Å². The van der Waals surface area contributed by atoms with E-state index in [4.69, 9.17) is 0 Å². The Morgan fingerprint density at radius 1 is 1.09 bits per heavy atom. The molecule has 2 aromatic carbocycles. The second-order valence-electron chi connectivity index (χ2n) is 6.16. The maximum Gasteiger partial charge on any atom is 0.254 e. The van der Waals surface area contributed by atoms with Gasteiger partial charge in [-0.3, -0.25) is 4.79 Å². The summed E-state index contributed by atoms with van der Waals surface area (Å²) in [7, 11) is 0. The molecule has 3 heteroatoms. The number of hydrogen-bond acceptors (Lipinski definition) is 2. The molecule has 0 aromatic heterocycles. The van der Waals surface area contributed by atoms with Gasteiger partial charge in [-0.2, -0.15) is 0 Å². The van der Waals surface area contributed by atoms with Crippen LogP contribution in [-0.4, -0.2) is 35.1 Å². The lowest BCUT2D eigenvalue weighted by Gasteiger charge is -2.21. The zero-order valence-electron chi connectivity index (χ0n) is 12.5. The average Bonchev–Trinajstić information content (AvgIpc) is 3.31. The molecule has 112 valence electrons. The van der Waals surface area contributed by atoms with Gasteiger partial charge < -0.3 is 10.0 Å². The van der Waals surface area contributed by atoms with Gasteiger partial charge in [0.1, 0.15) is 0 Å². The molecule has 0 saturated heterocycles. The van der Waals surface area contributed by atoms with Gasteiger partial charge in [0.25, 0.3) is 5.91 Å². The molecule has 0 aliphatic heterocycles. The maximum absolute atomic E-state index is 12.7. The van der Waals surface area contributed by atoms with Gasteiger partial charge in [0, 0.05) is 18.2 Å². The van der Waals surface area contributed by atoms with Crippen molar-refractivity contribution in [1.82, 2.24) is 4.90 Å². The first-order chi connectivity index (χ1) is 10.8. The summed E-state index contributed by atoms with van der Waals surface area (Å²) in [6.07, 6.45) is 3.01. The number of hydrogen-bond donors (Lipinski definition) is 1. The maximum atomic E-state index is 12.7. The Balaban J connectivity index is 1.65. The fourth-order valence-electron chi connectivity index (χ4n) is 3.39. The first-order valence-corrected chi connectivity index (χ1v) is 7.91. The van der Waals surface area contributed by atoms with E-state index < -0.39 is 0 Å². The van der Waals surface area contributed by atoms with Crippen molar-refractivity contribution in [2.45, 2.75) is 25.3 Å². The molecule has 4 rings (SSSR count). The van der Waals surface area contributed by atoms with E-state index in [1.807, 2.05) is 17.0 Å². The molecule has 1 fully saturated rings. The quantitative estimate of drug-likeness (QED) is 0.803. The van der Waals surface area contributed by atoms with Crippen LogP contribution in [0.3, 0.4) is 0 Å². The van der Waals surface area contributed by atoms with Crippen LogP contribution in [0.4, 0.5) is 0 Å². The minimum atomic E-state index is 0.0264. The first kappa shape index (κ1) is 13.5. The molecule has 1 amide bonds. The second kappa shape index (κ2) is 5.25. The summed E-state index contributed by atoms with van der Waals surface area (Å²) >= 11 is 0. The van der Waals surface area contributed by atoms with E-state index in [0.29, 0.717) is 12.6 Å². The van der Waals surface area contributed by atoms with E-state index in [1.165, 1.54) is 22.3 Å². The Hall–Kier alpha value is -2.13. The molecule has 0 heterocycles. The Kier molecular flexibility index (Phi) is 3.23. The summed E-state index contributed by atoms with van der Waals surface area (Å²) in [5, 5.41) is 9.19.